The summed E-state index contributed by atoms with van der Waals surface area (Å²) in [5, 5.41) is 4.55. The molecule has 8 heteroatoms. The van der Waals surface area contributed by atoms with Gasteiger partial charge >= 0.3 is 0 Å². The molecule has 1 aliphatic rings. The van der Waals surface area contributed by atoms with E-state index in [-0.39, 0.29) is 18.9 Å². The lowest BCUT2D eigenvalue weighted by molar-refractivity contribution is -0.121. The average molecular weight is 410 g/mol. The highest BCUT2D eigenvalue weighted by Crippen LogP contribution is 2.23. The minimum atomic E-state index is -0.462. The Bertz CT molecular complexity index is 1050. The van der Waals surface area contributed by atoms with Crippen LogP contribution >= 0.6 is 22.7 Å². The van der Waals surface area contributed by atoms with Crippen molar-refractivity contribution < 1.29 is 19.2 Å². The van der Waals surface area contributed by atoms with Gasteiger partial charge in [0, 0.05) is 4.88 Å². The van der Waals surface area contributed by atoms with Crippen LogP contribution in [0, 0.1) is 0 Å². The number of hydrogen-bond donors (Lipinski definition) is 1. The van der Waals surface area contributed by atoms with Crippen molar-refractivity contribution >= 4 is 46.2 Å². The van der Waals surface area contributed by atoms with Crippen molar-refractivity contribution in [3.63, 3.8) is 0 Å². The fourth-order valence-corrected chi connectivity index (χ4v) is 4.54. The first-order chi connectivity index (χ1) is 13.5. The molecule has 0 unspecified atom stereocenters. The molecule has 0 atom stereocenters. The maximum Gasteiger partial charge on any atom is 0.262 e. The van der Waals surface area contributed by atoms with Gasteiger partial charge in [0.05, 0.1) is 27.4 Å². The molecule has 0 radical (unpaired) electrons. The van der Waals surface area contributed by atoms with Crippen molar-refractivity contribution in [3.05, 3.63) is 79.7 Å². The van der Waals surface area contributed by atoms with Gasteiger partial charge in [-0.25, -0.2) is 0 Å². The lowest BCUT2D eigenvalue weighted by Gasteiger charge is -2.13. The SMILES string of the molecule is O=C(CN1C(=O)c2ccccc2C1=O)NCc1ccc(C(=O)c2cccs2)s1. The Hall–Kier alpha value is -3.10. The van der Waals surface area contributed by atoms with Gasteiger partial charge in [-0.15, -0.1) is 22.7 Å². The van der Waals surface area contributed by atoms with Crippen molar-refractivity contribution in [1.29, 1.82) is 0 Å². The van der Waals surface area contributed by atoms with Crippen molar-refractivity contribution in [3.8, 4) is 0 Å². The Morgan fingerprint density at radius 1 is 0.893 bits per heavy atom. The number of nitrogens with zero attached hydrogens (tertiary/aromatic N) is 1. The van der Waals surface area contributed by atoms with E-state index in [0.717, 1.165) is 9.78 Å². The summed E-state index contributed by atoms with van der Waals surface area (Å²) in [6, 6.07) is 13.6. The Labute approximate surface area is 168 Å². The van der Waals surface area contributed by atoms with Gasteiger partial charge in [0.15, 0.2) is 0 Å². The number of hydrogen-bond acceptors (Lipinski definition) is 6. The van der Waals surface area contributed by atoms with Gasteiger partial charge in [-0.3, -0.25) is 24.1 Å². The lowest BCUT2D eigenvalue weighted by atomic mass is 10.1. The molecule has 3 heterocycles. The average Bonchev–Trinajstić information content (AvgIpc) is 3.44. The number of carbonyl (C=O) groups excluding carboxylic acids is 4. The van der Waals surface area contributed by atoms with E-state index in [4.69, 9.17) is 0 Å². The van der Waals surface area contributed by atoms with Crippen LogP contribution in [0.15, 0.2) is 53.9 Å². The molecule has 2 aromatic heterocycles. The summed E-state index contributed by atoms with van der Waals surface area (Å²) in [5.41, 5.74) is 0.630. The molecule has 0 bridgehead atoms. The predicted molar refractivity (Wildman–Crippen MR) is 106 cm³/mol. The van der Waals surface area contributed by atoms with Crippen LogP contribution in [-0.4, -0.2) is 34.9 Å². The fourth-order valence-electron chi connectivity index (χ4n) is 2.89. The summed E-state index contributed by atoms with van der Waals surface area (Å²) in [6.45, 7) is -0.108. The molecule has 1 aromatic carbocycles. The highest BCUT2D eigenvalue weighted by Gasteiger charge is 2.36. The summed E-state index contributed by atoms with van der Waals surface area (Å²) in [7, 11) is 0. The molecule has 0 fully saturated rings. The van der Waals surface area contributed by atoms with E-state index in [1.54, 1.807) is 42.5 Å². The summed E-state index contributed by atoms with van der Waals surface area (Å²) < 4.78 is 0. The van der Waals surface area contributed by atoms with Crippen LogP contribution in [0.2, 0.25) is 0 Å². The summed E-state index contributed by atoms with van der Waals surface area (Å²) in [6.07, 6.45) is 0. The standard InChI is InChI=1S/C20H14N2O4S2/c23-17(11-22-19(25)13-4-1-2-5-14(13)20(22)26)21-10-12-7-8-16(28-12)18(24)15-6-3-9-27-15/h1-9H,10-11H2,(H,21,23). The van der Waals surface area contributed by atoms with E-state index in [1.807, 2.05) is 11.4 Å². The van der Waals surface area contributed by atoms with Gasteiger partial charge < -0.3 is 5.32 Å². The van der Waals surface area contributed by atoms with E-state index < -0.39 is 17.7 Å². The number of imide groups is 1. The second kappa shape index (κ2) is 7.49. The maximum absolute atomic E-state index is 12.3. The Morgan fingerprint density at radius 3 is 2.25 bits per heavy atom. The van der Waals surface area contributed by atoms with Gasteiger partial charge in [-0.05, 0) is 35.7 Å². The van der Waals surface area contributed by atoms with Crippen LogP contribution in [0.3, 0.4) is 0 Å². The highest BCUT2D eigenvalue weighted by atomic mass is 32.1. The number of thiophene rings is 2. The second-order valence-corrected chi connectivity index (χ2v) is 8.21. The van der Waals surface area contributed by atoms with Crippen molar-refractivity contribution in [2.45, 2.75) is 6.54 Å². The molecule has 28 heavy (non-hydrogen) atoms. The van der Waals surface area contributed by atoms with Gasteiger partial charge in [-0.2, -0.15) is 0 Å². The predicted octanol–water partition coefficient (Wildman–Crippen LogP) is 2.95. The number of amides is 3. The Balaban J connectivity index is 1.35. The van der Waals surface area contributed by atoms with E-state index in [1.165, 1.54) is 22.7 Å². The minimum absolute atomic E-state index is 0.0383. The third-order valence-electron chi connectivity index (χ3n) is 4.27. The number of benzene rings is 1. The largest absolute Gasteiger partial charge is 0.350 e. The second-order valence-electron chi connectivity index (χ2n) is 6.09. The van der Waals surface area contributed by atoms with Crippen LogP contribution < -0.4 is 5.32 Å². The molecule has 0 saturated heterocycles. The monoisotopic (exact) mass is 410 g/mol. The van der Waals surface area contributed by atoms with E-state index in [2.05, 4.69) is 5.32 Å². The molecule has 0 spiro atoms. The quantitative estimate of drug-likeness (QED) is 0.500. The third kappa shape index (κ3) is 3.39. The number of rotatable bonds is 6. The Kier molecular flexibility index (Phi) is 4.89. The fraction of sp³-hybridized carbons (Fsp3) is 0.100. The zero-order valence-corrected chi connectivity index (χ0v) is 16.1. The summed E-state index contributed by atoms with van der Waals surface area (Å²) in [5.74, 6) is -1.40. The van der Waals surface area contributed by atoms with Crippen LogP contribution in [0.1, 0.15) is 40.1 Å². The van der Waals surface area contributed by atoms with Crippen molar-refractivity contribution in [2.24, 2.45) is 0 Å². The molecular weight excluding hydrogens is 396 g/mol. The molecule has 6 nitrogen and oxygen atoms in total. The normalized spacial score (nSPS) is 12.9. The first kappa shape index (κ1) is 18.3. The molecule has 1 N–H and O–H groups in total. The first-order valence-corrected chi connectivity index (χ1v) is 10.1. The zero-order chi connectivity index (χ0) is 19.7. The number of fused-ring (bicyclic) bond motifs is 1. The Morgan fingerprint density at radius 2 is 1.61 bits per heavy atom. The molecule has 140 valence electrons. The van der Waals surface area contributed by atoms with Crippen LogP contribution in [0.25, 0.3) is 0 Å². The van der Waals surface area contributed by atoms with Crippen LogP contribution in [0.4, 0.5) is 0 Å². The molecular formula is C20H14N2O4S2. The molecule has 3 amide bonds. The number of ketones is 1. The van der Waals surface area contributed by atoms with E-state index in [0.29, 0.717) is 20.9 Å². The topological polar surface area (TPSA) is 83.6 Å². The molecule has 4 rings (SSSR count). The van der Waals surface area contributed by atoms with E-state index in [9.17, 15) is 19.2 Å². The third-order valence-corrected chi connectivity index (χ3v) is 6.22. The molecule has 3 aromatic rings. The highest BCUT2D eigenvalue weighted by molar-refractivity contribution is 7.16. The van der Waals surface area contributed by atoms with Crippen molar-refractivity contribution in [2.75, 3.05) is 6.54 Å². The zero-order valence-electron chi connectivity index (χ0n) is 14.5. The lowest BCUT2D eigenvalue weighted by Crippen LogP contribution is -2.40. The van der Waals surface area contributed by atoms with Gasteiger partial charge in [0.2, 0.25) is 11.7 Å². The van der Waals surface area contributed by atoms with Crippen LogP contribution in [-0.2, 0) is 11.3 Å². The number of carbonyl (C=O) groups is 4. The smallest absolute Gasteiger partial charge is 0.262 e. The molecule has 1 aliphatic heterocycles. The van der Waals surface area contributed by atoms with Gasteiger partial charge in [0.25, 0.3) is 11.8 Å². The summed E-state index contributed by atoms with van der Waals surface area (Å²) in [4.78, 5) is 52.2. The molecule has 0 saturated carbocycles. The van der Waals surface area contributed by atoms with Gasteiger partial charge in [0.1, 0.15) is 6.54 Å². The summed E-state index contributed by atoms with van der Waals surface area (Å²) >= 11 is 2.69. The van der Waals surface area contributed by atoms with E-state index >= 15 is 0 Å². The number of nitrogens with one attached hydrogen (secondary N) is 1. The van der Waals surface area contributed by atoms with Crippen molar-refractivity contribution in [1.82, 2.24) is 10.2 Å². The maximum atomic E-state index is 12.3. The van der Waals surface area contributed by atoms with Crippen LogP contribution in [0.5, 0.6) is 0 Å². The minimum Gasteiger partial charge on any atom is -0.350 e. The first-order valence-electron chi connectivity index (χ1n) is 8.43. The molecule has 0 aliphatic carbocycles. The van der Waals surface area contributed by atoms with Gasteiger partial charge in [-0.1, -0.05) is 18.2 Å².